The number of methoxy groups -OCH3 is 3. The van der Waals surface area contributed by atoms with E-state index in [9.17, 15) is 14.7 Å². The lowest BCUT2D eigenvalue weighted by molar-refractivity contribution is -0.117. The smallest absolute Gasteiger partial charge is 0.296 e. The van der Waals surface area contributed by atoms with E-state index in [1.807, 2.05) is 13.0 Å². The first-order valence-corrected chi connectivity index (χ1v) is 13.3. The minimum absolute atomic E-state index is 0.0546. The van der Waals surface area contributed by atoms with E-state index in [-0.39, 0.29) is 5.57 Å². The van der Waals surface area contributed by atoms with Gasteiger partial charge in [0.2, 0.25) is 11.5 Å². The molecule has 2 aromatic carbocycles. The summed E-state index contributed by atoms with van der Waals surface area (Å²) in [7, 11) is 4.45. The van der Waals surface area contributed by atoms with Gasteiger partial charge in [0.25, 0.3) is 5.91 Å². The molecule has 4 aromatic rings. The first-order chi connectivity index (χ1) is 18.4. The molecule has 5 rings (SSSR count). The van der Waals surface area contributed by atoms with Crippen LogP contribution in [0.1, 0.15) is 28.2 Å². The first kappa shape index (κ1) is 25.6. The van der Waals surface area contributed by atoms with Crippen molar-refractivity contribution in [2.24, 2.45) is 0 Å². The second-order valence-electron chi connectivity index (χ2n) is 8.16. The number of thiophene rings is 1. The number of nitrogens with zero attached hydrogens (tertiary/aromatic N) is 2. The number of rotatable bonds is 9. The minimum atomic E-state index is -1.00. The number of ketones is 1. The Hall–Kier alpha value is -4.09. The molecule has 0 spiro atoms. The summed E-state index contributed by atoms with van der Waals surface area (Å²) in [5.74, 6) is -0.0875. The molecule has 9 nitrogen and oxygen atoms in total. The number of hydrogen-bond donors (Lipinski definition) is 1. The number of carbonyl (C=O) groups is 2. The van der Waals surface area contributed by atoms with Crippen molar-refractivity contribution in [2.75, 3.05) is 32.8 Å². The quantitative estimate of drug-likeness (QED) is 0.269. The molecule has 1 aliphatic heterocycles. The zero-order chi connectivity index (χ0) is 27.0. The van der Waals surface area contributed by atoms with Crippen molar-refractivity contribution in [2.45, 2.75) is 13.0 Å². The second kappa shape index (κ2) is 10.3. The van der Waals surface area contributed by atoms with Gasteiger partial charge < -0.3 is 24.1 Å². The Labute approximate surface area is 226 Å². The lowest BCUT2D eigenvalue weighted by Crippen LogP contribution is -2.31. The van der Waals surface area contributed by atoms with Crippen LogP contribution >= 0.6 is 22.7 Å². The number of fused-ring (bicyclic) bond motifs is 1. The van der Waals surface area contributed by atoms with E-state index < -0.39 is 23.5 Å². The number of Topliss-reactive ketones (excluding diaryl/α,β-unsaturated/α-hetero) is 1. The van der Waals surface area contributed by atoms with Gasteiger partial charge in [0.1, 0.15) is 5.75 Å². The van der Waals surface area contributed by atoms with Crippen LogP contribution in [0.15, 0.2) is 59.2 Å². The summed E-state index contributed by atoms with van der Waals surface area (Å²) in [5.41, 5.74) is 1.08. The van der Waals surface area contributed by atoms with E-state index in [0.29, 0.717) is 50.7 Å². The first-order valence-electron chi connectivity index (χ1n) is 11.6. The van der Waals surface area contributed by atoms with Crippen molar-refractivity contribution in [1.82, 2.24) is 4.98 Å². The maximum Gasteiger partial charge on any atom is 0.296 e. The number of aliphatic hydroxyl groups is 1. The van der Waals surface area contributed by atoms with E-state index in [4.69, 9.17) is 18.9 Å². The molecular formula is C27H24N2O7S2. The molecule has 3 heterocycles. The molecule has 196 valence electrons. The summed E-state index contributed by atoms with van der Waals surface area (Å²) in [6.45, 7) is 2.41. The van der Waals surface area contributed by atoms with Crippen LogP contribution in [0.4, 0.5) is 5.13 Å². The average molecular weight is 553 g/mol. The van der Waals surface area contributed by atoms with Crippen LogP contribution in [0, 0.1) is 0 Å². The number of aromatic nitrogens is 1. The Morgan fingerprint density at radius 3 is 2.42 bits per heavy atom. The predicted molar refractivity (Wildman–Crippen MR) is 145 cm³/mol. The molecule has 0 fully saturated rings. The van der Waals surface area contributed by atoms with Gasteiger partial charge in [0.15, 0.2) is 22.4 Å². The number of ether oxygens (including phenoxy) is 4. The SMILES string of the molecule is CCOc1ccc2nc(N3C(=O)C(O)=C(C(=O)c4cccs4)[C@@H]3c3cc(OC)c(OC)c(OC)c3)sc2c1. The zero-order valence-corrected chi connectivity index (χ0v) is 22.6. The number of anilines is 1. The minimum Gasteiger partial charge on any atom is -0.503 e. The van der Waals surface area contributed by atoms with Gasteiger partial charge in [-0.2, -0.15) is 0 Å². The molecule has 0 radical (unpaired) electrons. The fraction of sp³-hybridized carbons (Fsp3) is 0.222. The van der Waals surface area contributed by atoms with Crippen LogP contribution in [0.5, 0.6) is 23.0 Å². The van der Waals surface area contributed by atoms with E-state index in [1.165, 1.54) is 48.9 Å². The second-order valence-corrected chi connectivity index (χ2v) is 10.1. The Morgan fingerprint density at radius 2 is 1.82 bits per heavy atom. The Morgan fingerprint density at radius 1 is 1.08 bits per heavy atom. The van der Waals surface area contributed by atoms with Gasteiger partial charge >= 0.3 is 0 Å². The summed E-state index contributed by atoms with van der Waals surface area (Å²) in [6, 6.07) is 11.2. The van der Waals surface area contributed by atoms with Crippen molar-refractivity contribution in [3.8, 4) is 23.0 Å². The summed E-state index contributed by atoms with van der Waals surface area (Å²) in [4.78, 5) is 33.6. The number of carbonyl (C=O) groups excluding carboxylic acids is 2. The molecule has 2 aromatic heterocycles. The summed E-state index contributed by atoms with van der Waals surface area (Å²) >= 11 is 2.48. The van der Waals surface area contributed by atoms with Crippen molar-refractivity contribution in [3.63, 3.8) is 0 Å². The number of benzene rings is 2. The van der Waals surface area contributed by atoms with E-state index >= 15 is 0 Å². The maximum absolute atomic E-state index is 13.6. The molecule has 1 amide bonds. The van der Waals surface area contributed by atoms with Crippen molar-refractivity contribution < 1.29 is 33.6 Å². The number of thiazole rings is 1. The topological polar surface area (TPSA) is 107 Å². The Bertz CT molecular complexity index is 1530. The molecule has 38 heavy (non-hydrogen) atoms. The highest BCUT2D eigenvalue weighted by molar-refractivity contribution is 7.22. The lowest BCUT2D eigenvalue weighted by Gasteiger charge is -2.25. The van der Waals surface area contributed by atoms with Crippen LogP contribution in [0.3, 0.4) is 0 Å². The van der Waals surface area contributed by atoms with Crippen LogP contribution in [-0.2, 0) is 4.79 Å². The van der Waals surface area contributed by atoms with Crippen molar-refractivity contribution in [1.29, 1.82) is 0 Å². The third kappa shape index (κ3) is 4.23. The fourth-order valence-electron chi connectivity index (χ4n) is 4.40. The van der Waals surface area contributed by atoms with Crippen LogP contribution < -0.4 is 23.8 Å². The molecule has 0 saturated carbocycles. The molecule has 11 heteroatoms. The monoisotopic (exact) mass is 552 g/mol. The highest BCUT2D eigenvalue weighted by Crippen LogP contribution is 2.48. The number of amides is 1. The van der Waals surface area contributed by atoms with Crippen LogP contribution in [0.25, 0.3) is 10.2 Å². The zero-order valence-electron chi connectivity index (χ0n) is 21.0. The Kier molecular flexibility index (Phi) is 6.96. The van der Waals surface area contributed by atoms with Gasteiger partial charge in [0.05, 0.1) is 54.6 Å². The highest BCUT2D eigenvalue weighted by atomic mass is 32.1. The third-order valence-corrected chi connectivity index (χ3v) is 7.95. The average Bonchev–Trinajstić information content (AvgIpc) is 3.66. The molecular weight excluding hydrogens is 528 g/mol. The predicted octanol–water partition coefficient (Wildman–Crippen LogP) is 5.57. The molecule has 0 unspecified atom stereocenters. The molecule has 0 saturated heterocycles. The van der Waals surface area contributed by atoms with Gasteiger partial charge in [-0.15, -0.1) is 11.3 Å². The largest absolute Gasteiger partial charge is 0.503 e. The molecule has 0 aliphatic carbocycles. The fourth-order valence-corrected chi connectivity index (χ4v) is 6.10. The normalized spacial score (nSPS) is 15.3. The summed E-state index contributed by atoms with van der Waals surface area (Å²) in [6.07, 6.45) is 0. The van der Waals surface area contributed by atoms with E-state index in [1.54, 1.807) is 41.8 Å². The van der Waals surface area contributed by atoms with Gasteiger partial charge in [0, 0.05) is 0 Å². The highest BCUT2D eigenvalue weighted by Gasteiger charge is 2.46. The molecule has 0 bridgehead atoms. The van der Waals surface area contributed by atoms with Gasteiger partial charge in [-0.05, 0) is 54.3 Å². The summed E-state index contributed by atoms with van der Waals surface area (Å²) in [5, 5.41) is 13.2. The lowest BCUT2D eigenvalue weighted by atomic mass is 9.95. The van der Waals surface area contributed by atoms with Crippen molar-refractivity contribution >= 4 is 49.7 Å². The van der Waals surface area contributed by atoms with E-state index in [2.05, 4.69) is 4.98 Å². The van der Waals surface area contributed by atoms with Gasteiger partial charge in [-0.1, -0.05) is 17.4 Å². The van der Waals surface area contributed by atoms with Crippen LogP contribution in [-0.4, -0.2) is 49.7 Å². The number of hydrogen-bond acceptors (Lipinski definition) is 10. The standard InChI is InChI=1S/C27H24N2O7S2/c1-5-36-15-8-9-16-20(13-15)38-27(28-16)29-22(14-11-17(33-2)25(35-4)18(12-14)34-3)21(24(31)26(29)32)23(30)19-7-6-10-37-19/h6-13,22,31H,5H2,1-4H3/t22-/m0/s1. The van der Waals surface area contributed by atoms with E-state index in [0.717, 1.165) is 4.70 Å². The van der Waals surface area contributed by atoms with Gasteiger partial charge in [-0.25, -0.2) is 4.98 Å². The van der Waals surface area contributed by atoms with Crippen molar-refractivity contribution in [3.05, 3.63) is 69.6 Å². The Balaban J connectivity index is 1.71. The summed E-state index contributed by atoms with van der Waals surface area (Å²) < 4.78 is 22.9. The molecule has 1 N–H and O–H groups in total. The van der Waals surface area contributed by atoms with Gasteiger partial charge in [-0.3, -0.25) is 14.5 Å². The van der Waals surface area contributed by atoms with Crippen LogP contribution in [0.2, 0.25) is 0 Å². The molecule has 1 aliphatic rings. The third-order valence-electron chi connectivity index (χ3n) is 6.07. The molecule has 1 atom stereocenters. The number of aliphatic hydroxyl groups excluding tert-OH is 1. The maximum atomic E-state index is 13.6.